The van der Waals surface area contributed by atoms with Gasteiger partial charge in [-0.05, 0) is 18.6 Å². The van der Waals surface area contributed by atoms with Crippen molar-refractivity contribution < 1.29 is 4.79 Å². The molecule has 2 aromatic rings. The van der Waals surface area contributed by atoms with Crippen molar-refractivity contribution in [1.82, 2.24) is 19.9 Å². The van der Waals surface area contributed by atoms with Gasteiger partial charge in [-0.3, -0.25) is 4.79 Å². The second-order valence-corrected chi connectivity index (χ2v) is 6.21. The molecule has 1 fully saturated rings. The van der Waals surface area contributed by atoms with Gasteiger partial charge in [0.2, 0.25) is 5.91 Å². The fourth-order valence-electron chi connectivity index (χ4n) is 2.50. The van der Waals surface area contributed by atoms with E-state index >= 15 is 0 Å². The third-order valence-corrected chi connectivity index (χ3v) is 4.62. The fraction of sp³-hybridized carbons (Fsp3) is 0.400. The smallest absolute Gasteiger partial charge is 0.223 e. The average Bonchev–Trinajstić information content (AvgIpc) is 3.19. The molecule has 0 N–H and O–H groups in total. The van der Waals surface area contributed by atoms with Crippen molar-refractivity contribution in [3.63, 3.8) is 0 Å². The molecule has 0 aliphatic carbocycles. The molecular formula is C15H18N4OS. The fourth-order valence-corrected chi connectivity index (χ4v) is 3.36. The zero-order valence-electron chi connectivity index (χ0n) is 11.8. The Morgan fingerprint density at radius 3 is 2.76 bits per heavy atom. The van der Waals surface area contributed by atoms with Crippen LogP contribution < -0.4 is 0 Å². The van der Waals surface area contributed by atoms with Crippen molar-refractivity contribution in [2.75, 3.05) is 18.8 Å². The molecule has 1 saturated heterocycles. The summed E-state index contributed by atoms with van der Waals surface area (Å²) >= 11 is 1.73. The van der Waals surface area contributed by atoms with E-state index in [2.05, 4.69) is 22.3 Å². The maximum absolute atomic E-state index is 12.2. The van der Waals surface area contributed by atoms with Crippen molar-refractivity contribution in [1.29, 1.82) is 0 Å². The minimum Gasteiger partial charge on any atom is -0.340 e. The second-order valence-electron chi connectivity index (χ2n) is 5.04. The van der Waals surface area contributed by atoms with Crippen LogP contribution in [-0.2, 0) is 4.79 Å². The molecule has 0 saturated carbocycles. The van der Waals surface area contributed by atoms with Crippen molar-refractivity contribution in [2.45, 2.75) is 23.8 Å². The van der Waals surface area contributed by atoms with Crippen molar-refractivity contribution >= 4 is 17.7 Å². The summed E-state index contributed by atoms with van der Waals surface area (Å²) in [6, 6.07) is 10.4. The molecule has 3 rings (SSSR count). The normalized spacial score (nSPS) is 18.1. The van der Waals surface area contributed by atoms with Gasteiger partial charge in [-0.15, -0.1) is 11.8 Å². The minimum atomic E-state index is 0.228. The summed E-state index contributed by atoms with van der Waals surface area (Å²) in [4.78, 5) is 17.1. The van der Waals surface area contributed by atoms with Crippen LogP contribution in [0, 0.1) is 0 Å². The molecule has 110 valence electrons. The number of benzene rings is 1. The van der Waals surface area contributed by atoms with Crippen LogP contribution >= 0.6 is 11.8 Å². The molecule has 0 radical (unpaired) electrons. The molecular weight excluding hydrogens is 284 g/mol. The zero-order chi connectivity index (χ0) is 14.5. The molecule has 0 spiro atoms. The predicted octanol–water partition coefficient (Wildman–Crippen LogP) is 2.23. The number of likely N-dealkylation sites (tertiary alicyclic amines) is 1. The van der Waals surface area contributed by atoms with Gasteiger partial charge in [-0.2, -0.15) is 15.0 Å². The molecule has 21 heavy (non-hydrogen) atoms. The number of carbonyl (C=O) groups is 1. The van der Waals surface area contributed by atoms with Crippen LogP contribution in [0.3, 0.4) is 0 Å². The predicted molar refractivity (Wildman–Crippen MR) is 82.0 cm³/mol. The van der Waals surface area contributed by atoms with E-state index in [0.29, 0.717) is 6.42 Å². The van der Waals surface area contributed by atoms with Crippen LogP contribution in [0.5, 0.6) is 0 Å². The molecule has 1 aromatic heterocycles. The monoisotopic (exact) mass is 302 g/mol. The van der Waals surface area contributed by atoms with E-state index in [1.54, 1.807) is 29.0 Å². The van der Waals surface area contributed by atoms with Gasteiger partial charge in [0.15, 0.2) is 0 Å². The van der Waals surface area contributed by atoms with Crippen molar-refractivity contribution in [2.24, 2.45) is 0 Å². The number of rotatable bonds is 5. The van der Waals surface area contributed by atoms with Gasteiger partial charge in [0.05, 0.1) is 18.4 Å². The highest BCUT2D eigenvalue weighted by atomic mass is 32.2. The lowest BCUT2D eigenvalue weighted by molar-refractivity contribution is -0.129. The highest BCUT2D eigenvalue weighted by Crippen LogP contribution is 2.22. The van der Waals surface area contributed by atoms with E-state index in [1.165, 1.54) is 4.90 Å². The summed E-state index contributed by atoms with van der Waals surface area (Å²) in [6.07, 6.45) is 4.88. The number of nitrogens with zero attached hydrogens (tertiary/aromatic N) is 4. The maximum atomic E-state index is 12.2. The standard InChI is InChI=1S/C15H18N4OS/c20-15(7-11-21-14-4-2-1-3-5-14)18-10-6-13(12-18)19-16-8-9-17-19/h1-5,8-9,13H,6-7,10-12H2/t13-/m1/s1. The Kier molecular flexibility index (Phi) is 4.55. The number of thioether (sulfide) groups is 1. The van der Waals surface area contributed by atoms with Crippen molar-refractivity contribution in [3.05, 3.63) is 42.7 Å². The third kappa shape index (κ3) is 3.64. The van der Waals surface area contributed by atoms with Crippen molar-refractivity contribution in [3.8, 4) is 0 Å². The molecule has 5 nitrogen and oxygen atoms in total. The van der Waals surface area contributed by atoms with Gasteiger partial charge in [-0.1, -0.05) is 18.2 Å². The Morgan fingerprint density at radius 1 is 1.24 bits per heavy atom. The van der Waals surface area contributed by atoms with E-state index in [0.717, 1.165) is 25.3 Å². The largest absolute Gasteiger partial charge is 0.340 e. The maximum Gasteiger partial charge on any atom is 0.223 e. The first-order valence-corrected chi connectivity index (χ1v) is 8.13. The first kappa shape index (κ1) is 14.1. The Labute approximate surface area is 128 Å². The Hall–Kier alpha value is -1.82. The van der Waals surface area contributed by atoms with Gasteiger partial charge in [-0.25, -0.2) is 0 Å². The number of amides is 1. The van der Waals surface area contributed by atoms with E-state index in [1.807, 2.05) is 23.1 Å². The van der Waals surface area contributed by atoms with Crippen LogP contribution in [0.25, 0.3) is 0 Å². The highest BCUT2D eigenvalue weighted by molar-refractivity contribution is 7.99. The number of carbonyl (C=O) groups excluding carboxylic acids is 1. The number of hydrogen-bond acceptors (Lipinski definition) is 4. The van der Waals surface area contributed by atoms with E-state index in [-0.39, 0.29) is 11.9 Å². The van der Waals surface area contributed by atoms with E-state index < -0.39 is 0 Å². The molecule has 1 aliphatic rings. The Morgan fingerprint density at radius 2 is 2.00 bits per heavy atom. The topological polar surface area (TPSA) is 51.0 Å². The molecule has 2 heterocycles. The summed E-state index contributed by atoms with van der Waals surface area (Å²) < 4.78 is 0. The minimum absolute atomic E-state index is 0.228. The molecule has 0 unspecified atom stereocenters. The molecule has 1 amide bonds. The highest BCUT2D eigenvalue weighted by Gasteiger charge is 2.27. The zero-order valence-corrected chi connectivity index (χ0v) is 12.6. The lowest BCUT2D eigenvalue weighted by Gasteiger charge is -2.16. The van der Waals surface area contributed by atoms with E-state index in [4.69, 9.17) is 0 Å². The summed E-state index contributed by atoms with van der Waals surface area (Å²) in [5, 5.41) is 8.31. The van der Waals surface area contributed by atoms with Gasteiger partial charge in [0.25, 0.3) is 0 Å². The van der Waals surface area contributed by atoms with Gasteiger partial charge < -0.3 is 4.90 Å². The second kappa shape index (κ2) is 6.76. The Balaban J connectivity index is 1.44. The lowest BCUT2D eigenvalue weighted by atomic mass is 10.3. The number of aromatic nitrogens is 3. The van der Waals surface area contributed by atoms with Gasteiger partial charge in [0.1, 0.15) is 0 Å². The van der Waals surface area contributed by atoms with E-state index in [9.17, 15) is 4.79 Å². The molecule has 1 atom stereocenters. The van der Waals surface area contributed by atoms with Crippen LogP contribution in [-0.4, -0.2) is 44.6 Å². The summed E-state index contributed by atoms with van der Waals surface area (Å²) in [6.45, 7) is 1.53. The quantitative estimate of drug-likeness (QED) is 0.795. The molecule has 1 aliphatic heterocycles. The van der Waals surface area contributed by atoms with Crippen LogP contribution in [0.4, 0.5) is 0 Å². The summed E-state index contributed by atoms with van der Waals surface area (Å²) in [7, 11) is 0. The van der Waals surface area contributed by atoms with Crippen LogP contribution in [0.2, 0.25) is 0 Å². The first-order valence-electron chi connectivity index (χ1n) is 7.14. The lowest BCUT2D eigenvalue weighted by Crippen LogP contribution is -2.29. The average molecular weight is 302 g/mol. The first-order chi connectivity index (χ1) is 10.3. The number of hydrogen-bond donors (Lipinski definition) is 0. The summed E-state index contributed by atoms with van der Waals surface area (Å²) in [5.74, 6) is 1.05. The van der Waals surface area contributed by atoms with Crippen LogP contribution in [0.1, 0.15) is 18.9 Å². The van der Waals surface area contributed by atoms with Gasteiger partial charge >= 0.3 is 0 Å². The SMILES string of the molecule is O=C(CCSc1ccccc1)N1CC[C@@H](n2nccn2)C1. The Bertz CT molecular complexity index is 573. The third-order valence-electron chi connectivity index (χ3n) is 3.61. The van der Waals surface area contributed by atoms with Gasteiger partial charge in [0, 0.05) is 30.2 Å². The molecule has 6 heteroatoms. The van der Waals surface area contributed by atoms with Crippen LogP contribution in [0.15, 0.2) is 47.6 Å². The molecule has 1 aromatic carbocycles. The molecule has 0 bridgehead atoms. The summed E-state index contributed by atoms with van der Waals surface area (Å²) in [5.41, 5.74) is 0.